The summed E-state index contributed by atoms with van der Waals surface area (Å²) < 4.78 is 5.71. The number of rotatable bonds is 5. The predicted molar refractivity (Wildman–Crippen MR) is 88.2 cm³/mol. The maximum atomic E-state index is 5.71. The van der Waals surface area contributed by atoms with E-state index in [2.05, 4.69) is 33.6 Å². The van der Waals surface area contributed by atoms with Crippen LogP contribution in [0, 0.1) is 0 Å². The van der Waals surface area contributed by atoms with Crippen molar-refractivity contribution < 1.29 is 4.74 Å². The number of hydrogen-bond acceptors (Lipinski definition) is 5. The minimum absolute atomic E-state index is 0.472. The number of hydrogen-bond donors (Lipinski definition) is 0. The van der Waals surface area contributed by atoms with Crippen LogP contribution in [-0.4, -0.2) is 65.1 Å². The summed E-state index contributed by atoms with van der Waals surface area (Å²) in [5.74, 6) is 0. The molecule has 2 heterocycles. The fraction of sp³-hybridized carbons (Fsp3) is 0.529. The molecule has 1 aliphatic heterocycles. The average Bonchev–Trinajstić information content (AvgIpc) is 2.55. The molecule has 0 amide bonds. The molecule has 1 aromatic heterocycles. The summed E-state index contributed by atoms with van der Waals surface area (Å²) in [4.78, 5) is 13.7. The van der Waals surface area contributed by atoms with Gasteiger partial charge in [0.05, 0.1) is 5.52 Å². The van der Waals surface area contributed by atoms with E-state index in [1.807, 2.05) is 30.5 Å². The highest BCUT2D eigenvalue weighted by atomic mass is 16.5. The number of benzene rings is 1. The van der Waals surface area contributed by atoms with Crippen LogP contribution >= 0.6 is 0 Å². The lowest BCUT2D eigenvalue weighted by Gasteiger charge is -2.36. The molecule has 118 valence electrons. The number of piperazine rings is 1. The van der Waals surface area contributed by atoms with E-state index >= 15 is 0 Å². The largest absolute Gasteiger partial charge is 0.462 e. The highest BCUT2D eigenvalue weighted by Crippen LogP contribution is 2.13. The van der Waals surface area contributed by atoms with Crippen molar-refractivity contribution in [1.82, 2.24) is 19.8 Å². The molecule has 1 aromatic carbocycles. The second-order valence-electron chi connectivity index (χ2n) is 6.03. The van der Waals surface area contributed by atoms with Gasteiger partial charge >= 0.3 is 6.01 Å². The summed E-state index contributed by atoms with van der Waals surface area (Å²) in [6, 6.07) is 9.07. The number of nitrogens with zero attached hydrogens (tertiary/aromatic N) is 4. The standard InChI is InChI=1S/C17H24N4O/c1-14(2)21-9-7-20(8-10-21)11-12-22-17-18-13-15-5-3-4-6-16(15)19-17/h3-6,13-14H,7-12H2,1-2H3. The Morgan fingerprint density at radius 3 is 2.68 bits per heavy atom. The van der Waals surface area contributed by atoms with Crippen molar-refractivity contribution in [2.45, 2.75) is 19.9 Å². The van der Waals surface area contributed by atoms with Gasteiger partial charge in [0, 0.05) is 50.3 Å². The Balaban J connectivity index is 1.46. The van der Waals surface area contributed by atoms with Gasteiger partial charge in [-0.25, -0.2) is 4.98 Å². The molecule has 1 aliphatic rings. The van der Waals surface area contributed by atoms with Crippen molar-refractivity contribution in [2.75, 3.05) is 39.3 Å². The molecule has 1 fully saturated rings. The zero-order valence-electron chi connectivity index (χ0n) is 13.4. The molecule has 2 aromatic rings. The molecule has 0 atom stereocenters. The van der Waals surface area contributed by atoms with Crippen molar-refractivity contribution in [3.05, 3.63) is 30.5 Å². The van der Waals surface area contributed by atoms with Gasteiger partial charge in [0.25, 0.3) is 0 Å². The minimum atomic E-state index is 0.472. The smallest absolute Gasteiger partial charge is 0.316 e. The highest BCUT2D eigenvalue weighted by Gasteiger charge is 2.18. The molecule has 5 nitrogen and oxygen atoms in total. The van der Waals surface area contributed by atoms with Crippen LogP contribution in [0.4, 0.5) is 0 Å². The molecule has 0 unspecified atom stereocenters. The molecule has 0 spiro atoms. The summed E-state index contributed by atoms with van der Waals surface area (Å²) in [5, 5.41) is 1.04. The lowest BCUT2D eigenvalue weighted by Crippen LogP contribution is -2.49. The summed E-state index contributed by atoms with van der Waals surface area (Å²) in [6.07, 6.45) is 1.82. The van der Waals surface area contributed by atoms with Gasteiger partial charge in [0.2, 0.25) is 0 Å². The Labute approximate surface area is 131 Å². The fourth-order valence-corrected chi connectivity index (χ4v) is 2.79. The van der Waals surface area contributed by atoms with Gasteiger partial charge in [0.1, 0.15) is 6.61 Å². The summed E-state index contributed by atoms with van der Waals surface area (Å²) >= 11 is 0. The van der Waals surface area contributed by atoms with Crippen LogP contribution in [0.5, 0.6) is 6.01 Å². The van der Waals surface area contributed by atoms with Crippen molar-refractivity contribution in [3.63, 3.8) is 0 Å². The molecule has 0 bridgehead atoms. The van der Waals surface area contributed by atoms with Crippen molar-refractivity contribution in [2.24, 2.45) is 0 Å². The zero-order valence-corrected chi connectivity index (χ0v) is 13.4. The van der Waals surface area contributed by atoms with E-state index in [0.717, 1.165) is 43.6 Å². The van der Waals surface area contributed by atoms with Crippen LogP contribution in [0.1, 0.15) is 13.8 Å². The second-order valence-corrected chi connectivity index (χ2v) is 6.03. The fourth-order valence-electron chi connectivity index (χ4n) is 2.79. The first-order valence-electron chi connectivity index (χ1n) is 8.03. The Kier molecular flexibility index (Phi) is 4.85. The Morgan fingerprint density at radius 2 is 1.91 bits per heavy atom. The van der Waals surface area contributed by atoms with Gasteiger partial charge in [-0.05, 0) is 19.9 Å². The molecule has 0 saturated carbocycles. The number of aromatic nitrogens is 2. The Hall–Kier alpha value is -1.72. The van der Waals surface area contributed by atoms with E-state index in [9.17, 15) is 0 Å². The maximum absolute atomic E-state index is 5.71. The molecular weight excluding hydrogens is 276 g/mol. The molecule has 3 rings (SSSR count). The molecule has 0 aliphatic carbocycles. The molecule has 5 heteroatoms. The summed E-state index contributed by atoms with van der Waals surface area (Å²) in [7, 11) is 0. The van der Waals surface area contributed by atoms with Gasteiger partial charge in [-0.2, -0.15) is 4.98 Å². The van der Waals surface area contributed by atoms with E-state index in [1.165, 1.54) is 0 Å². The van der Waals surface area contributed by atoms with Gasteiger partial charge in [0.15, 0.2) is 0 Å². The maximum Gasteiger partial charge on any atom is 0.316 e. The zero-order chi connectivity index (χ0) is 15.4. The first kappa shape index (κ1) is 15.2. The van der Waals surface area contributed by atoms with Crippen molar-refractivity contribution in [3.8, 4) is 6.01 Å². The van der Waals surface area contributed by atoms with E-state index in [1.54, 1.807) is 0 Å². The van der Waals surface area contributed by atoms with Gasteiger partial charge < -0.3 is 4.74 Å². The molecule has 1 saturated heterocycles. The third kappa shape index (κ3) is 3.72. The molecular formula is C17H24N4O. The van der Waals surface area contributed by atoms with Gasteiger partial charge in [-0.15, -0.1) is 0 Å². The van der Waals surface area contributed by atoms with Crippen molar-refractivity contribution in [1.29, 1.82) is 0 Å². The van der Waals surface area contributed by atoms with E-state index < -0.39 is 0 Å². The average molecular weight is 300 g/mol. The van der Waals surface area contributed by atoms with E-state index in [4.69, 9.17) is 4.74 Å². The molecule has 0 N–H and O–H groups in total. The van der Waals surface area contributed by atoms with Crippen LogP contribution in [-0.2, 0) is 0 Å². The van der Waals surface area contributed by atoms with Crippen LogP contribution in [0.3, 0.4) is 0 Å². The third-order valence-electron chi connectivity index (χ3n) is 4.24. The first-order valence-corrected chi connectivity index (χ1v) is 8.03. The van der Waals surface area contributed by atoms with Crippen molar-refractivity contribution >= 4 is 10.9 Å². The SMILES string of the molecule is CC(C)N1CCN(CCOc2ncc3ccccc3n2)CC1. The summed E-state index contributed by atoms with van der Waals surface area (Å²) in [6.45, 7) is 10.6. The molecule has 22 heavy (non-hydrogen) atoms. The lowest BCUT2D eigenvalue weighted by atomic mass is 10.2. The number of para-hydroxylation sites is 1. The summed E-state index contributed by atoms with van der Waals surface area (Å²) in [5.41, 5.74) is 0.929. The Bertz CT molecular complexity index is 608. The topological polar surface area (TPSA) is 41.5 Å². The molecule has 0 radical (unpaired) electrons. The second kappa shape index (κ2) is 7.03. The normalized spacial score (nSPS) is 17.2. The number of ether oxygens (including phenoxy) is 1. The quantitative estimate of drug-likeness (QED) is 0.845. The highest BCUT2D eigenvalue weighted by molar-refractivity contribution is 5.77. The van der Waals surface area contributed by atoms with Crippen LogP contribution in [0.25, 0.3) is 10.9 Å². The van der Waals surface area contributed by atoms with E-state index in [0.29, 0.717) is 18.7 Å². The van der Waals surface area contributed by atoms with Gasteiger partial charge in [-0.1, -0.05) is 18.2 Å². The van der Waals surface area contributed by atoms with Gasteiger partial charge in [-0.3, -0.25) is 9.80 Å². The number of fused-ring (bicyclic) bond motifs is 1. The predicted octanol–water partition coefficient (Wildman–Crippen LogP) is 2.03. The Morgan fingerprint density at radius 1 is 1.14 bits per heavy atom. The van der Waals surface area contributed by atoms with Crippen LogP contribution < -0.4 is 4.74 Å². The minimum Gasteiger partial charge on any atom is -0.462 e. The monoisotopic (exact) mass is 300 g/mol. The first-order chi connectivity index (χ1) is 10.7. The van der Waals surface area contributed by atoms with Crippen LogP contribution in [0.2, 0.25) is 0 Å². The third-order valence-corrected chi connectivity index (χ3v) is 4.24. The van der Waals surface area contributed by atoms with E-state index in [-0.39, 0.29) is 0 Å². The van der Waals surface area contributed by atoms with Crippen LogP contribution in [0.15, 0.2) is 30.5 Å². The lowest BCUT2D eigenvalue weighted by molar-refractivity contribution is 0.0958.